The highest BCUT2D eigenvalue weighted by Crippen LogP contribution is 2.40. The average molecular weight is 647 g/mol. The van der Waals surface area contributed by atoms with Gasteiger partial charge in [-0.3, -0.25) is 0 Å². The number of hydrogen-bond donors (Lipinski definition) is 0. The van der Waals surface area contributed by atoms with Gasteiger partial charge in [-0.05, 0) is 61.3 Å². The summed E-state index contributed by atoms with van der Waals surface area (Å²) < 4.78 is 29.4. The van der Waals surface area contributed by atoms with Gasteiger partial charge in [-0.2, -0.15) is 0 Å². The van der Waals surface area contributed by atoms with Crippen molar-refractivity contribution in [1.29, 1.82) is 0 Å². The van der Waals surface area contributed by atoms with Gasteiger partial charge in [0.15, 0.2) is 31.2 Å². The van der Waals surface area contributed by atoms with Gasteiger partial charge in [0.2, 0.25) is 0 Å². The molecule has 0 N–H and O–H groups in total. The molecule has 0 radical (unpaired) electrons. The first kappa shape index (κ1) is 41.0. The molecule has 244 valence electrons. The fraction of sp³-hybridized carbons (Fsp3) is 0.906. The van der Waals surface area contributed by atoms with Crippen LogP contribution in [0.5, 0.6) is 0 Å². The molecule has 0 aliphatic carbocycles. The Morgan fingerprint density at radius 2 is 0.707 bits per heavy atom. The maximum absolute atomic E-state index is 13.0. The third-order valence-corrected chi connectivity index (χ3v) is 30.3. The number of ether oxygens (including phenoxy) is 1. The fourth-order valence-electron chi connectivity index (χ4n) is 7.10. The van der Waals surface area contributed by atoms with Crippen LogP contribution in [0, 0.1) is 0 Å². The molecular weight excluding hydrogens is 577 g/mol. The predicted molar refractivity (Wildman–Crippen MR) is 188 cm³/mol. The topological polar surface area (TPSA) is 54.0 Å². The summed E-state index contributed by atoms with van der Waals surface area (Å²) in [6.45, 7) is 26.2. The highest BCUT2D eigenvalue weighted by atomic mass is 28.5. The van der Waals surface area contributed by atoms with E-state index in [2.05, 4.69) is 68.9 Å². The second-order valence-electron chi connectivity index (χ2n) is 12.6. The molecule has 0 unspecified atom stereocenters. The SMILES string of the molecule is C=C(C)C(=O)OC[Si](O[Si](CCC)(CCC)CCC)(O[Si](CCC)(CCC)CCC)O[Si](CCC)(CCC)CCC. The molecule has 0 saturated carbocycles. The lowest BCUT2D eigenvalue weighted by atomic mass is 10.4. The van der Waals surface area contributed by atoms with E-state index in [-0.39, 0.29) is 12.2 Å². The van der Waals surface area contributed by atoms with Gasteiger partial charge < -0.3 is 17.1 Å². The lowest BCUT2D eigenvalue weighted by molar-refractivity contribution is -0.138. The molecule has 0 heterocycles. The Kier molecular flexibility index (Phi) is 21.6. The molecular formula is C32H70O5Si4. The highest BCUT2D eigenvalue weighted by Gasteiger charge is 2.58. The minimum absolute atomic E-state index is 0.141. The number of esters is 1. The molecule has 41 heavy (non-hydrogen) atoms. The van der Waals surface area contributed by atoms with Crippen LogP contribution in [0.3, 0.4) is 0 Å². The maximum Gasteiger partial charge on any atom is 0.509 e. The van der Waals surface area contributed by atoms with Crippen LogP contribution in [-0.4, -0.2) is 46.0 Å². The van der Waals surface area contributed by atoms with Gasteiger partial charge in [-0.25, -0.2) is 4.79 Å². The van der Waals surface area contributed by atoms with E-state index in [9.17, 15) is 4.79 Å². The third-order valence-electron chi connectivity index (χ3n) is 8.20. The van der Waals surface area contributed by atoms with Crippen molar-refractivity contribution in [3.8, 4) is 0 Å². The molecule has 0 amide bonds. The predicted octanol–water partition coefficient (Wildman–Crippen LogP) is 11.2. The smallest absolute Gasteiger partial charge is 0.458 e. The van der Waals surface area contributed by atoms with Gasteiger partial charge in [0.25, 0.3) is 0 Å². The van der Waals surface area contributed by atoms with Crippen molar-refractivity contribution in [1.82, 2.24) is 0 Å². The maximum atomic E-state index is 13.0. The number of hydrogen-bond acceptors (Lipinski definition) is 5. The summed E-state index contributed by atoms with van der Waals surface area (Å²) in [6, 6.07) is 9.99. The van der Waals surface area contributed by atoms with Crippen molar-refractivity contribution in [3.05, 3.63) is 12.2 Å². The van der Waals surface area contributed by atoms with Crippen molar-refractivity contribution in [2.45, 2.75) is 181 Å². The van der Waals surface area contributed by atoms with E-state index in [0.717, 1.165) is 112 Å². The first-order chi connectivity index (χ1) is 19.5. The van der Waals surface area contributed by atoms with Gasteiger partial charge in [-0.1, -0.05) is 127 Å². The Morgan fingerprint density at radius 1 is 0.488 bits per heavy atom. The summed E-state index contributed by atoms with van der Waals surface area (Å²) in [6.07, 6.45) is 10.1. The Hall–Kier alpha value is -0.0425. The van der Waals surface area contributed by atoms with Crippen LogP contribution in [0.25, 0.3) is 0 Å². The van der Waals surface area contributed by atoms with Crippen LogP contribution in [0.2, 0.25) is 54.4 Å². The van der Waals surface area contributed by atoms with E-state index in [1.807, 2.05) is 0 Å². The quantitative estimate of drug-likeness (QED) is 0.0505. The van der Waals surface area contributed by atoms with Crippen LogP contribution in [0.1, 0.15) is 127 Å². The summed E-state index contributed by atoms with van der Waals surface area (Å²) in [5.41, 5.74) is 0.422. The van der Waals surface area contributed by atoms with Gasteiger partial charge in [0, 0.05) is 5.57 Å². The number of carbonyl (C=O) groups is 1. The largest absolute Gasteiger partial charge is 0.509 e. The standard InChI is InChI=1S/C32H70O5Si4/c1-12-21-38(22-13-2,23-14-3)35-41(30-34-32(33)31(10)11,36-39(24-15-4,25-16-5)26-17-6)37-40(27-18-7,28-19-8)29-20-9/h10,12-30H2,1-9,11H3. The van der Waals surface area contributed by atoms with Crippen LogP contribution >= 0.6 is 0 Å². The molecule has 0 spiro atoms. The normalized spacial score (nSPS) is 13.0. The molecule has 0 aliphatic heterocycles. The molecule has 0 aromatic rings. The van der Waals surface area contributed by atoms with E-state index in [4.69, 9.17) is 17.1 Å². The number of carbonyl (C=O) groups excluding carboxylic acids is 1. The lowest BCUT2D eigenvalue weighted by Crippen LogP contribution is -2.67. The van der Waals surface area contributed by atoms with Crippen molar-refractivity contribution in [2.24, 2.45) is 0 Å². The van der Waals surface area contributed by atoms with Crippen molar-refractivity contribution in [2.75, 3.05) is 6.23 Å². The van der Waals surface area contributed by atoms with Crippen LogP contribution in [0.15, 0.2) is 12.2 Å². The minimum Gasteiger partial charge on any atom is -0.458 e. The summed E-state index contributed by atoms with van der Waals surface area (Å²) in [4.78, 5) is 13.0. The highest BCUT2D eigenvalue weighted by molar-refractivity contribution is 6.92. The number of rotatable bonds is 27. The van der Waals surface area contributed by atoms with E-state index in [1.165, 1.54) is 0 Å². The van der Waals surface area contributed by atoms with Crippen LogP contribution < -0.4 is 0 Å². The summed E-state index contributed by atoms with van der Waals surface area (Å²) in [7, 11) is -10.1. The Morgan fingerprint density at radius 3 is 0.878 bits per heavy atom. The van der Waals surface area contributed by atoms with Gasteiger partial charge in [-0.15, -0.1) is 0 Å². The molecule has 0 aromatic carbocycles. The van der Waals surface area contributed by atoms with Crippen molar-refractivity contribution < 1.29 is 21.9 Å². The summed E-state index contributed by atoms with van der Waals surface area (Å²) >= 11 is 0. The molecule has 0 fully saturated rings. The van der Waals surface area contributed by atoms with Crippen LogP contribution in [0.4, 0.5) is 0 Å². The molecule has 0 atom stereocenters. The monoisotopic (exact) mass is 646 g/mol. The molecule has 0 bridgehead atoms. The van der Waals surface area contributed by atoms with Crippen molar-refractivity contribution in [3.63, 3.8) is 0 Å². The van der Waals surface area contributed by atoms with E-state index in [1.54, 1.807) is 6.92 Å². The summed E-state index contributed by atoms with van der Waals surface area (Å²) in [5, 5.41) is 0. The molecule has 5 nitrogen and oxygen atoms in total. The molecule has 0 aliphatic rings. The lowest BCUT2D eigenvalue weighted by Gasteiger charge is -2.49. The summed E-state index contributed by atoms with van der Waals surface area (Å²) in [5.74, 6) is -0.353. The molecule has 9 heteroatoms. The minimum atomic E-state index is -3.44. The first-order valence-electron chi connectivity index (χ1n) is 17.4. The first-order valence-corrected chi connectivity index (χ1v) is 26.9. The zero-order valence-corrected chi connectivity index (χ0v) is 33.2. The Bertz CT molecular complexity index is 598. The van der Waals surface area contributed by atoms with Crippen LogP contribution in [-0.2, 0) is 21.9 Å². The fourth-order valence-corrected chi connectivity index (χ4v) is 31.8. The van der Waals surface area contributed by atoms with Gasteiger partial charge in [0.05, 0.1) is 0 Å². The second-order valence-corrected chi connectivity index (χ2v) is 28.3. The zero-order chi connectivity index (χ0) is 31.4. The second kappa shape index (κ2) is 21.6. The average Bonchev–Trinajstić information content (AvgIpc) is 2.88. The Balaban J connectivity index is 7.51. The molecule has 0 saturated heterocycles. The Labute approximate surface area is 260 Å². The van der Waals surface area contributed by atoms with E-state index < -0.39 is 33.8 Å². The van der Waals surface area contributed by atoms with E-state index >= 15 is 0 Å². The zero-order valence-electron chi connectivity index (χ0n) is 29.2. The van der Waals surface area contributed by atoms with E-state index in [0.29, 0.717) is 5.57 Å². The van der Waals surface area contributed by atoms with Gasteiger partial charge in [0.1, 0.15) is 0 Å². The third kappa shape index (κ3) is 14.1. The molecule has 0 aromatic heterocycles. The van der Waals surface area contributed by atoms with Crippen molar-refractivity contribution >= 4 is 39.7 Å². The van der Waals surface area contributed by atoms with Gasteiger partial charge >= 0.3 is 14.8 Å². The molecule has 0 rings (SSSR count).